The van der Waals surface area contributed by atoms with E-state index in [4.69, 9.17) is 34.8 Å². The first-order valence-corrected chi connectivity index (χ1v) is 5.64. The number of carbonyl (C=O) groups excluding carboxylic acids is 1. The van der Waals surface area contributed by atoms with E-state index in [-0.39, 0.29) is 11.1 Å². The monoisotopic (exact) mass is 281 g/mol. The summed E-state index contributed by atoms with van der Waals surface area (Å²) in [7, 11) is 1.58. The van der Waals surface area contributed by atoms with E-state index in [9.17, 15) is 4.79 Å². The number of carbonyl (C=O) groups is 1. The number of aromatic nitrogens is 1. The fourth-order valence-corrected chi connectivity index (χ4v) is 1.55. The van der Waals surface area contributed by atoms with Crippen LogP contribution >= 0.6 is 34.8 Å². The summed E-state index contributed by atoms with van der Waals surface area (Å²) in [5.74, 6) is 0.351. The zero-order chi connectivity index (χ0) is 12.1. The van der Waals surface area contributed by atoms with Crippen molar-refractivity contribution in [1.82, 2.24) is 10.3 Å². The number of hydrogen-bond donors (Lipinski definition) is 2. The molecule has 0 radical (unpaired) electrons. The Balaban J connectivity index is 2.60. The van der Waals surface area contributed by atoms with Gasteiger partial charge >= 0.3 is 0 Å². The molecule has 0 saturated carbocycles. The second kappa shape index (κ2) is 6.13. The first-order valence-electron chi connectivity index (χ1n) is 4.50. The van der Waals surface area contributed by atoms with Crippen molar-refractivity contribution < 1.29 is 4.79 Å². The van der Waals surface area contributed by atoms with Crippen molar-refractivity contribution in [2.24, 2.45) is 0 Å². The molecular formula is C9H10Cl3N3O. The highest BCUT2D eigenvalue weighted by Crippen LogP contribution is 2.28. The summed E-state index contributed by atoms with van der Waals surface area (Å²) in [6.07, 6.45) is 0.328. The van der Waals surface area contributed by atoms with Crippen molar-refractivity contribution >= 4 is 46.5 Å². The molecule has 0 bridgehead atoms. The van der Waals surface area contributed by atoms with Gasteiger partial charge in [0.05, 0.1) is 10.0 Å². The molecule has 0 fully saturated rings. The standard InChI is InChI=1S/C9H10Cl3N3O/c1-13-7(16)2-3-14-9-6(11)4-5(10)8(12)15-9/h4H,2-3H2,1H3,(H,13,16)(H,14,15). The third kappa shape index (κ3) is 3.70. The van der Waals surface area contributed by atoms with Crippen LogP contribution in [0.3, 0.4) is 0 Å². The van der Waals surface area contributed by atoms with E-state index >= 15 is 0 Å². The zero-order valence-electron chi connectivity index (χ0n) is 8.48. The number of nitrogens with zero attached hydrogens (tertiary/aromatic N) is 1. The molecule has 88 valence electrons. The van der Waals surface area contributed by atoms with Gasteiger partial charge in [-0.15, -0.1) is 0 Å². The van der Waals surface area contributed by atoms with Gasteiger partial charge in [-0.2, -0.15) is 0 Å². The maximum atomic E-state index is 11.0. The quantitative estimate of drug-likeness (QED) is 0.835. The number of hydrogen-bond acceptors (Lipinski definition) is 3. The molecule has 0 aliphatic carbocycles. The molecule has 1 amide bonds. The van der Waals surface area contributed by atoms with Crippen molar-refractivity contribution in [2.75, 3.05) is 18.9 Å². The topological polar surface area (TPSA) is 54.0 Å². The van der Waals surface area contributed by atoms with Crippen molar-refractivity contribution in [1.29, 1.82) is 0 Å². The molecule has 0 saturated heterocycles. The number of halogens is 3. The molecule has 1 heterocycles. The summed E-state index contributed by atoms with van der Waals surface area (Å²) in [4.78, 5) is 14.9. The second-order valence-corrected chi connectivity index (χ2v) is 4.11. The smallest absolute Gasteiger partial charge is 0.221 e. The predicted molar refractivity (Wildman–Crippen MR) is 66.4 cm³/mol. The molecule has 0 aliphatic heterocycles. The minimum Gasteiger partial charge on any atom is -0.368 e. The summed E-state index contributed by atoms with van der Waals surface area (Å²) in [6.45, 7) is 0.421. The van der Waals surface area contributed by atoms with Gasteiger partial charge < -0.3 is 10.6 Å². The lowest BCUT2D eigenvalue weighted by Crippen LogP contribution is -2.21. The van der Waals surface area contributed by atoms with Gasteiger partial charge in [0.25, 0.3) is 0 Å². The van der Waals surface area contributed by atoms with Gasteiger partial charge in [-0.05, 0) is 6.07 Å². The minimum atomic E-state index is -0.0660. The van der Waals surface area contributed by atoms with Gasteiger partial charge in [0.2, 0.25) is 5.91 Å². The lowest BCUT2D eigenvalue weighted by atomic mass is 10.4. The van der Waals surface area contributed by atoms with E-state index in [0.717, 1.165) is 0 Å². The molecule has 0 unspecified atom stereocenters. The van der Waals surface area contributed by atoms with Crippen LogP contribution in [-0.2, 0) is 4.79 Å². The van der Waals surface area contributed by atoms with E-state index in [2.05, 4.69) is 15.6 Å². The molecule has 1 rings (SSSR count). The molecule has 1 aromatic rings. The Bertz CT molecular complexity index is 398. The Kier molecular flexibility index (Phi) is 5.12. The Morgan fingerprint density at radius 3 is 2.69 bits per heavy atom. The van der Waals surface area contributed by atoms with Crippen LogP contribution in [0.15, 0.2) is 6.07 Å². The molecule has 16 heavy (non-hydrogen) atoms. The van der Waals surface area contributed by atoms with E-state index in [0.29, 0.717) is 28.8 Å². The largest absolute Gasteiger partial charge is 0.368 e. The van der Waals surface area contributed by atoms with Crippen LogP contribution in [0.25, 0.3) is 0 Å². The van der Waals surface area contributed by atoms with E-state index in [1.165, 1.54) is 6.07 Å². The average molecular weight is 283 g/mol. The molecule has 0 spiro atoms. The molecule has 1 aromatic heterocycles. The molecule has 7 heteroatoms. The van der Waals surface area contributed by atoms with Crippen LogP contribution in [0.2, 0.25) is 15.2 Å². The number of nitrogens with one attached hydrogen (secondary N) is 2. The Hall–Kier alpha value is -0.710. The third-order valence-electron chi connectivity index (χ3n) is 1.81. The SMILES string of the molecule is CNC(=O)CCNc1nc(Cl)c(Cl)cc1Cl. The number of anilines is 1. The summed E-state index contributed by atoms with van der Waals surface area (Å²) < 4.78 is 0. The molecule has 0 aliphatic rings. The fraction of sp³-hybridized carbons (Fsp3) is 0.333. The van der Waals surface area contributed by atoms with Gasteiger partial charge in [0.1, 0.15) is 11.0 Å². The highest BCUT2D eigenvalue weighted by Gasteiger charge is 2.07. The van der Waals surface area contributed by atoms with Crippen LogP contribution in [0.4, 0.5) is 5.82 Å². The van der Waals surface area contributed by atoms with E-state index in [1.807, 2.05) is 0 Å². The van der Waals surface area contributed by atoms with Crippen molar-refractivity contribution in [3.63, 3.8) is 0 Å². The number of pyridine rings is 1. The Morgan fingerprint density at radius 1 is 1.38 bits per heavy atom. The fourth-order valence-electron chi connectivity index (χ4n) is 0.988. The number of amides is 1. The van der Waals surface area contributed by atoms with Gasteiger partial charge in [0.15, 0.2) is 0 Å². The maximum Gasteiger partial charge on any atom is 0.221 e. The zero-order valence-corrected chi connectivity index (χ0v) is 10.7. The highest BCUT2D eigenvalue weighted by atomic mass is 35.5. The Morgan fingerprint density at radius 2 is 2.06 bits per heavy atom. The van der Waals surface area contributed by atoms with Crippen LogP contribution in [0, 0.1) is 0 Å². The summed E-state index contributed by atoms with van der Waals surface area (Å²) in [6, 6.07) is 1.50. The van der Waals surface area contributed by atoms with Gasteiger partial charge in [-0.3, -0.25) is 4.79 Å². The number of rotatable bonds is 4. The lowest BCUT2D eigenvalue weighted by molar-refractivity contribution is -0.120. The van der Waals surface area contributed by atoms with Gasteiger partial charge in [-0.1, -0.05) is 34.8 Å². The molecule has 0 aromatic carbocycles. The molecule has 4 nitrogen and oxygen atoms in total. The van der Waals surface area contributed by atoms with Crippen LogP contribution in [0.5, 0.6) is 0 Å². The van der Waals surface area contributed by atoms with Gasteiger partial charge in [-0.25, -0.2) is 4.98 Å². The molecular weight excluding hydrogens is 272 g/mol. The third-order valence-corrected chi connectivity index (χ3v) is 2.77. The second-order valence-electron chi connectivity index (χ2n) is 2.94. The molecule has 0 atom stereocenters. The van der Waals surface area contributed by atoms with Crippen molar-refractivity contribution in [3.05, 3.63) is 21.3 Å². The van der Waals surface area contributed by atoms with Crippen molar-refractivity contribution in [3.8, 4) is 0 Å². The van der Waals surface area contributed by atoms with Crippen LogP contribution in [-0.4, -0.2) is 24.5 Å². The predicted octanol–water partition coefficient (Wildman–Crippen LogP) is 2.59. The normalized spacial score (nSPS) is 10.0. The van der Waals surface area contributed by atoms with Crippen LogP contribution < -0.4 is 10.6 Å². The lowest BCUT2D eigenvalue weighted by Gasteiger charge is -2.07. The minimum absolute atomic E-state index is 0.0660. The summed E-state index contributed by atoms with van der Waals surface area (Å²) in [5.41, 5.74) is 0. The first kappa shape index (κ1) is 13.4. The summed E-state index contributed by atoms with van der Waals surface area (Å²) in [5, 5.41) is 6.24. The average Bonchev–Trinajstić information content (AvgIpc) is 2.25. The van der Waals surface area contributed by atoms with Crippen LogP contribution in [0.1, 0.15) is 6.42 Å². The molecule has 2 N–H and O–H groups in total. The Labute approximate surface area is 108 Å². The van der Waals surface area contributed by atoms with Crippen molar-refractivity contribution in [2.45, 2.75) is 6.42 Å². The summed E-state index contributed by atoms with van der Waals surface area (Å²) >= 11 is 17.3. The van der Waals surface area contributed by atoms with E-state index in [1.54, 1.807) is 7.05 Å². The maximum absolute atomic E-state index is 11.0. The van der Waals surface area contributed by atoms with Gasteiger partial charge in [0, 0.05) is 20.0 Å². The van der Waals surface area contributed by atoms with E-state index < -0.39 is 0 Å². The first-order chi connectivity index (χ1) is 7.54. The highest BCUT2D eigenvalue weighted by molar-refractivity contribution is 6.42.